The first kappa shape index (κ1) is 19.4. The molecule has 9 heteroatoms. The molecule has 1 aliphatic rings. The van der Waals surface area contributed by atoms with E-state index < -0.39 is 25.7 Å². The number of carboxylic acids is 1. The summed E-state index contributed by atoms with van der Waals surface area (Å²) in [6.45, 7) is 4.00. The Morgan fingerprint density at radius 2 is 1.88 bits per heavy atom. The molecule has 1 heterocycles. The molecule has 0 saturated heterocycles. The van der Waals surface area contributed by atoms with E-state index in [2.05, 4.69) is 0 Å². The number of hydrogen-bond donors (Lipinski definition) is 2. The van der Waals surface area contributed by atoms with Crippen LogP contribution < -0.4 is 0 Å². The number of rotatable bonds is 7. The summed E-state index contributed by atoms with van der Waals surface area (Å²) in [6, 6.07) is 3.81. The highest BCUT2D eigenvalue weighted by Gasteiger charge is 2.36. The molecule has 138 valence electrons. The molecule has 1 aromatic rings. The van der Waals surface area contributed by atoms with E-state index in [9.17, 15) is 24.4 Å². The fourth-order valence-corrected chi connectivity index (χ4v) is 4.67. The summed E-state index contributed by atoms with van der Waals surface area (Å²) in [5.41, 5.74) is 1.76. The highest BCUT2D eigenvalue weighted by molar-refractivity contribution is 7.53. The van der Waals surface area contributed by atoms with Crippen LogP contribution in [0.2, 0.25) is 0 Å². The molecule has 0 bridgehead atoms. The molecule has 25 heavy (non-hydrogen) atoms. The molecule has 0 radical (unpaired) electrons. The summed E-state index contributed by atoms with van der Waals surface area (Å²) < 4.78 is 23.2. The molecule has 0 spiro atoms. The van der Waals surface area contributed by atoms with Crippen molar-refractivity contribution in [3.8, 4) is 0 Å². The number of aliphatic carboxylic acids is 1. The van der Waals surface area contributed by atoms with E-state index in [-0.39, 0.29) is 25.9 Å². The van der Waals surface area contributed by atoms with Gasteiger partial charge in [0.1, 0.15) is 0 Å². The Kier molecular flexibility index (Phi) is 6.21. The minimum Gasteiger partial charge on any atom is -0.479 e. The first-order chi connectivity index (χ1) is 11.8. The summed E-state index contributed by atoms with van der Waals surface area (Å²) in [5.74, 6) is -1.24. The average molecular weight is 371 g/mol. The number of carboxylic acid groups (broad SMARTS) is 2. The van der Waals surface area contributed by atoms with Crippen molar-refractivity contribution in [2.75, 3.05) is 19.8 Å². The number of hydrogen-bond acceptors (Lipinski definition) is 5. The van der Waals surface area contributed by atoms with Crippen LogP contribution in [0.15, 0.2) is 18.2 Å². The molecule has 0 fully saturated rings. The van der Waals surface area contributed by atoms with Crippen molar-refractivity contribution in [3.63, 3.8) is 0 Å². The van der Waals surface area contributed by atoms with Crippen molar-refractivity contribution in [2.45, 2.75) is 32.5 Å². The molecule has 2 rings (SSSR count). The van der Waals surface area contributed by atoms with Gasteiger partial charge in [0.2, 0.25) is 0 Å². The lowest BCUT2D eigenvalue weighted by atomic mass is 9.91. The summed E-state index contributed by atoms with van der Waals surface area (Å²) >= 11 is 0. The summed E-state index contributed by atoms with van der Waals surface area (Å²) in [6.07, 6.45) is -0.848. The van der Waals surface area contributed by atoms with Crippen LogP contribution in [0, 0.1) is 0 Å². The zero-order valence-corrected chi connectivity index (χ0v) is 15.1. The van der Waals surface area contributed by atoms with Gasteiger partial charge in [-0.1, -0.05) is 18.2 Å². The van der Waals surface area contributed by atoms with Crippen molar-refractivity contribution in [2.24, 2.45) is 0 Å². The maximum atomic E-state index is 12.7. The molecule has 0 aromatic heterocycles. The summed E-state index contributed by atoms with van der Waals surface area (Å²) in [4.78, 5) is 23.9. The lowest BCUT2D eigenvalue weighted by Crippen LogP contribution is -2.42. The van der Waals surface area contributed by atoms with Crippen LogP contribution in [-0.2, 0) is 31.0 Å². The third kappa shape index (κ3) is 4.39. The minimum atomic E-state index is -3.33. The minimum absolute atomic E-state index is 0.00136. The van der Waals surface area contributed by atoms with Gasteiger partial charge >= 0.3 is 19.7 Å². The van der Waals surface area contributed by atoms with Crippen molar-refractivity contribution < 1.29 is 33.4 Å². The van der Waals surface area contributed by atoms with Crippen LogP contribution in [0.4, 0.5) is 4.79 Å². The number of amides is 1. The SMILES string of the molecule is CCOP(=O)(Cc1ccc2c(c1)C(C(=O)O)N(C(=O)O)CC2)OCC. The van der Waals surface area contributed by atoms with E-state index in [4.69, 9.17) is 9.05 Å². The predicted octanol–water partition coefficient (Wildman–Crippen LogP) is 3.11. The molecule has 1 amide bonds. The normalized spacial score (nSPS) is 17.2. The molecule has 1 aromatic carbocycles. The Morgan fingerprint density at radius 3 is 2.40 bits per heavy atom. The van der Waals surface area contributed by atoms with Gasteiger partial charge in [0.05, 0.1) is 19.4 Å². The molecule has 1 atom stereocenters. The Hall–Kier alpha value is -1.89. The fourth-order valence-electron chi connectivity index (χ4n) is 2.98. The van der Waals surface area contributed by atoms with Crippen LogP contribution in [0.5, 0.6) is 0 Å². The smallest absolute Gasteiger partial charge is 0.408 e. The second kappa shape index (κ2) is 7.99. The van der Waals surface area contributed by atoms with E-state index >= 15 is 0 Å². The maximum Gasteiger partial charge on any atom is 0.408 e. The summed E-state index contributed by atoms with van der Waals surface area (Å²) in [7, 11) is -3.33. The van der Waals surface area contributed by atoms with Crippen molar-refractivity contribution >= 4 is 19.7 Å². The van der Waals surface area contributed by atoms with E-state index in [0.717, 1.165) is 10.5 Å². The third-order valence-electron chi connectivity index (χ3n) is 3.95. The molecule has 1 unspecified atom stereocenters. The summed E-state index contributed by atoms with van der Waals surface area (Å²) in [5, 5.41) is 18.7. The van der Waals surface area contributed by atoms with Gasteiger partial charge in [-0.15, -0.1) is 0 Å². The van der Waals surface area contributed by atoms with Gasteiger partial charge < -0.3 is 19.3 Å². The number of benzene rings is 1. The van der Waals surface area contributed by atoms with Gasteiger partial charge in [-0.05, 0) is 37.0 Å². The quantitative estimate of drug-likeness (QED) is 0.708. The van der Waals surface area contributed by atoms with Gasteiger partial charge in [0.15, 0.2) is 6.04 Å². The lowest BCUT2D eigenvalue weighted by molar-refractivity contribution is -0.143. The van der Waals surface area contributed by atoms with E-state index in [1.165, 1.54) is 0 Å². The molecule has 2 N–H and O–H groups in total. The first-order valence-electron chi connectivity index (χ1n) is 8.03. The number of fused-ring (bicyclic) bond motifs is 1. The van der Waals surface area contributed by atoms with E-state index in [1.807, 2.05) is 0 Å². The van der Waals surface area contributed by atoms with Gasteiger partial charge in [0.25, 0.3) is 0 Å². The zero-order valence-electron chi connectivity index (χ0n) is 14.2. The Balaban J connectivity index is 2.38. The molecule has 0 saturated carbocycles. The largest absolute Gasteiger partial charge is 0.479 e. The predicted molar refractivity (Wildman–Crippen MR) is 89.8 cm³/mol. The standard InChI is InChI=1S/C16H22NO7P/c1-3-23-25(22,24-4-2)10-11-5-6-12-7-8-17(16(20)21)14(15(18)19)13(12)9-11/h5-6,9,14H,3-4,7-8,10H2,1-2H3,(H,18,19)(H,20,21). The third-order valence-corrected chi connectivity index (χ3v) is 6.00. The van der Waals surface area contributed by atoms with Crippen LogP contribution in [0.3, 0.4) is 0 Å². The van der Waals surface area contributed by atoms with Gasteiger partial charge in [-0.25, -0.2) is 9.59 Å². The van der Waals surface area contributed by atoms with Crippen LogP contribution in [0.25, 0.3) is 0 Å². The zero-order chi connectivity index (χ0) is 18.6. The van der Waals surface area contributed by atoms with Gasteiger partial charge in [-0.2, -0.15) is 0 Å². The molecular weight excluding hydrogens is 349 g/mol. The average Bonchev–Trinajstić information content (AvgIpc) is 2.53. The molecule has 0 aliphatic carbocycles. The second-order valence-electron chi connectivity index (χ2n) is 5.60. The topological polar surface area (TPSA) is 113 Å². The first-order valence-corrected chi connectivity index (χ1v) is 9.76. The lowest BCUT2D eigenvalue weighted by Gasteiger charge is -2.33. The van der Waals surface area contributed by atoms with E-state index in [0.29, 0.717) is 17.5 Å². The maximum absolute atomic E-state index is 12.7. The highest BCUT2D eigenvalue weighted by atomic mass is 31.2. The second-order valence-corrected chi connectivity index (χ2v) is 7.66. The van der Waals surface area contributed by atoms with E-state index in [1.54, 1.807) is 32.0 Å². The van der Waals surface area contributed by atoms with Crippen molar-refractivity contribution in [3.05, 3.63) is 34.9 Å². The van der Waals surface area contributed by atoms with Crippen molar-refractivity contribution in [1.29, 1.82) is 0 Å². The fraction of sp³-hybridized carbons (Fsp3) is 0.500. The van der Waals surface area contributed by atoms with Crippen LogP contribution >= 0.6 is 7.60 Å². The van der Waals surface area contributed by atoms with Crippen LogP contribution in [-0.4, -0.2) is 46.9 Å². The van der Waals surface area contributed by atoms with Crippen molar-refractivity contribution in [1.82, 2.24) is 4.90 Å². The molecule has 8 nitrogen and oxygen atoms in total. The van der Waals surface area contributed by atoms with Gasteiger partial charge in [0, 0.05) is 6.54 Å². The monoisotopic (exact) mass is 371 g/mol. The Bertz CT molecular complexity index is 696. The van der Waals surface area contributed by atoms with Crippen LogP contribution in [0.1, 0.15) is 36.6 Å². The number of carbonyl (C=O) groups is 2. The number of nitrogens with zero attached hydrogens (tertiary/aromatic N) is 1. The molecular formula is C16H22NO7P. The molecule has 1 aliphatic heterocycles. The van der Waals surface area contributed by atoms with Gasteiger partial charge in [-0.3, -0.25) is 9.46 Å². The highest BCUT2D eigenvalue weighted by Crippen LogP contribution is 2.51. The Labute approximate surface area is 145 Å². The Morgan fingerprint density at radius 1 is 1.24 bits per heavy atom.